The van der Waals surface area contributed by atoms with Crippen molar-refractivity contribution in [1.82, 2.24) is 0 Å². The highest BCUT2D eigenvalue weighted by Crippen LogP contribution is 2.43. The number of hydrogen-bond donors (Lipinski definition) is 1. The molecule has 96 valence electrons. The molecule has 1 N–H and O–H groups in total. The first kappa shape index (κ1) is 12.6. The summed E-state index contributed by atoms with van der Waals surface area (Å²) in [5, 5.41) is 11.8. The Hall–Kier alpha value is -1.90. The second kappa shape index (κ2) is 4.77. The molecule has 0 amide bonds. The van der Waals surface area contributed by atoms with Crippen LogP contribution in [0.4, 0.5) is 0 Å². The first-order valence-corrected chi connectivity index (χ1v) is 5.96. The third-order valence-corrected chi connectivity index (χ3v) is 3.12. The van der Waals surface area contributed by atoms with Crippen molar-refractivity contribution < 1.29 is 14.6 Å². The van der Waals surface area contributed by atoms with Crippen molar-refractivity contribution in [2.45, 2.75) is 19.8 Å². The highest BCUT2D eigenvalue weighted by molar-refractivity contribution is 5.94. The summed E-state index contributed by atoms with van der Waals surface area (Å²) in [6, 6.07) is 7.33. The average Bonchev–Trinajstić information content (AvgIpc) is 2.36. The van der Waals surface area contributed by atoms with E-state index in [1.807, 2.05) is 18.2 Å². The monoisotopic (exact) mass is 246 g/mol. The van der Waals surface area contributed by atoms with Crippen molar-refractivity contribution in [1.29, 1.82) is 0 Å². The Kier molecular flexibility index (Phi) is 3.32. The number of fused-ring (bicyclic) bond motifs is 1. The Balaban J connectivity index is 2.92. The van der Waals surface area contributed by atoms with Gasteiger partial charge in [0.25, 0.3) is 0 Å². The molecule has 0 saturated carbocycles. The van der Waals surface area contributed by atoms with Crippen molar-refractivity contribution in [3.05, 3.63) is 29.8 Å². The number of ether oxygens (including phenoxy) is 2. The zero-order chi connectivity index (χ0) is 13.3. The molecular formula is C15H18O3. The molecule has 0 unspecified atom stereocenters. The molecule has 3 heteroatoms. The summed E-state index contributed by atoms with van der Waals surface area (Å²) >= 11 is 0. The molecule has 2 rings (SSSR count). The third-order valence-electron chi connectivity index (χ3n) is 3.12. The van der Waals surface area contributed by atoms with Gasteiger partial charge in [0, 0.05) is 10.9 Å². The van der Waals surface area contributed by atoms with Gasteiger partial charge >= 0.3 is 0 Å². The maximum atomic E-state index is 9.96. The van der Waals surface area contributed by atoms with Crippen molar-refractivity contribution in [2.75, 3.05) is 14.2 Å². The van der Waals surface area contributed by atoms with E-state index in [-0.39, 0.29) is 11.7 Å². The first-order chi connectivity index (χ1) is 8.60. The van der Waals surface area contributed by atoms with E-state index >= 15 is 0 Å². The van der Waals surface area contributed by atoms with E-state index in [2.05, 4.69) is 13.8 Å². The molecule has 0 aromatic heterocycles. The Bertz CT molecular complexity index is 573. The van der Waals surface area contributed by atoms with E-state index in [0.29, 0.717) is 5.75 Å². The van der Waals surface area contributed by atoms with Crippen molar-refractivity contribution in [3.8, 4) is 17.2 Å². The van der Waals surface area contributed by atoms with E-state index in [1.54, 1.807) is 20.3 Å². The summed E-state index contributed by atoms with van der Waals surface area (Å²) in [5.74, 6) is 1.93. The molecular weight excluding hydrogens is 228 g/mol. The van der Waals surface area contributed by atoms with Crippen LogP contribution in [-0.2, 0) is 0 Å². The molecule has 2 aromatic rings. The Morgan fingerprint density at radius 3 is 2.33 bits per heavy atom. The SMILES string of the molecule is COc1cc2c(O)cccc2c(C(C)C)c1OC. The zero-order valence-corrected chi connectivity index (χ0v) is 11.2. The van der Waals surface area contributed by atoms with E-state index in [9.17, 15) is 5.11 Å². The number of aromatic hydroxyl groups is 1. The van der Waals surface area contributed by atoms with E-state index < -0.39 is 0 Å². The van der Waals surface area contributed by atoms with Gasteiger partial charge in [0.15, 0.2) is 11.5 Å². The first-order valence-electron chi connectivity index (χ1n) is 5.96. The van der Waals surface area contributed by atoms with Crippen LogP contribution >= 0.6 is 0 Å². The predicted octanol–water partition coefficient (Wildman–Crippen LogP) is 3.69. The molecule has 0 bridgehead atoms. The standard InChI is InChI=1S/C15H18O3/c1-9(2)14-10-6-5-7-12(16)11(10)8-13(17-3)15(14)18-4/h5-9,16H,1-4H3. The minimum Gasteiger partial charge on any atom is -0.507 e. The average molecular weight is 246 g/mol. The van der Waals surface area contributed by atoms with Gasteiger partial charge in [-0.2, -0.15) is 0 Å². The zero-order valence-electron chi connectivity index (χ0n) is 11.2. The summed E-state index contributed by atoms with van der Waals surface area (Å²) in [6.45, 7) is 4.20. The van der Waals surface area contributed by atoms with Crippen molar-refractivity contribution in [2.24, 2.45) is 0 Å². The van der Waals surface area contributed by atoms with Gasteiger partial charge < -0.3 is 14.6 Å². The second-order valence-electron chi connectivity index (χ2n) is 4.55. The minimum atomic E-state index is 0.260. The quantitative estimate of drug-likeness (QED) is 0.897. The Morgan fingerprint density at radius 1 is 1.06 bits per heavy atom. The number of benzene rings is 2. The number of phenolic OH excluding ortho intramolecular Hbond substituents is 1. The lowest BCUT2D eigenvalue weighted by atomic mass is 9.94. The van der Waals surface area contributed by atoms with Crippen LogP contribution in [0.2, 0.25) is 0 Å². The lowest BCUT2D eigenvalue weighted by molar-refractivity contribution is 0.351. The van der Waals surface area contributed by atoms with Crippen LogP contribution in [0.3, 0.4) is 0 Å². The van der Waals surface area contributed by atoms with Gasteiger partial charge in [-0.1, -0.05) is 26.0 Å². The van der Waals surface area contributed by atoms with Crippen LogP contribution in [0.15, 0.2) is 24.3 Å². The van der Waals surface area contributed by atoms with E-state index in [1.165, 1.54) is 0 Å². The van der Waals surface area contributed by atoms with Crippen LogP contribution in [0.1, 0.15) is 25.3 Å². The fourth-order valence-corrected chi connectivity index (χ4v) is 2.33. The molecule has 2 aromatic carbocycles. The number of phenols is 1. The van der Waals surface area contributed by atoms with Crippen molar-refractivity contribution in [3.63, 3.8) is 0 Å². The topological polar surface area (TPSA) is 38.7 Å². The summed E-state index contributed by atoms with van der Waals surface area (Å²) in [7, 11) is 3.24. The van der Waals surface area contributed by atoms with Gasteiger partial charge in [-0.05, 0) is 23.4 Å². The van der Waals surface area contributed by atoms with Gasteiger partial charge in [0.2, 0.25) is 0 Å². The third kappa shape index (κ3) is 1.86. The molecule has 0 spiro atoms. The molecule has 0 atom stereocenters. The summed E-state index contributed by atoms with van der Waals surface area (Å²) in [6.07, 6.45) is 0. The second-order valence-corrected chi connectivity index (χ2v) is 4.55. The van der Waals surface area contributed by atoms with E-state index in [4.69, 9.17) is 9.47 Å². The minimum absolute atomic E-state index is 0.260. The van der Waals surface area contributed by atoms with E-state index in [0.717, 1.165) is 22.1 Å². The van der Waals surface area contributed by atoms with Crippen LogP contribution in [-0.4, -0.2) is 19.3 Å². The molecule has 0 aliphatic rings. The molecule has 18 heavy (non-hydrogen) atoms. The maximum absolute atomic E-state index is 9.96. The molecule has 3 nitrogen and oxygen atoms in total. The van der Waals surface area contributed by atoms with Crippen molar-refractivity contribution >= 4 is 10.8 Å². The summed E-state index contributed by atoms with van der Waals surface area (Å²) in [5.41, 5.74) is 1.06. The Labute approximate surface area is 107 Å². The van der Waals surface area contributed by atoms with Gasteiger partial charge in [0.1, 0.15) is 5.75 Å². The highest BCUT2D eigenvalue weighted by atomic mass is 16.5. The number of methoxy groups -OCH3 is 2. The molecule has 0 aliphatic heterocycles. The molecule has 0 heterocycles. The molecule has 0 aliphatic carbocycles. The largest absolute Gasteiger partial charge is 0.507 e. The smallest absolute Gasteiger partial charge is 0.164 e. The predicted molar refractivity (Wildman–Crippen MR) is 72.8 cm³/mol. The van der Waals surface area contributed by atoms with Gasteiger partial charge in [-0.25, -0.2) is 0 Å². The lowest BCUT2D eigenvalue weighted by Crippen LogP contribution is -1.99. The fourth-order valence-electron chi connectivity index (χ4n) is 2.33. The van der Waals surface area contributed by atoms with Crippen LogP contribution in [0.25, 0.3) is 10.8 Å². The van der Waals surface area contributed by atoms with Gasteiger partial charge in [0.05, 0.1) is 14.2 Å². The molecule has 0 fully saturated rings. The van der Waals surface area contributed by atoms with Crippen LogP contribution in [0.5, 0.6) is 17.2 Å². The summed E-state index contributed by atoms with van der Waals surface area (Å²) < 4.78 is 10.8. The van der Waals surface area contributed by atoms with Crippen LogP contribution in [0, 0.1) is 0 Å². The number of hydrogen-bond acceptors (Lipinski definition) is 3. The Morgan fingerprint density at radius 2 is 1.78 bits per heavy atom. The van der Waals surface area contributed by atoms with Gasteiger partial charge in [-0.15, -0.1) is 0 Å². The normalized spacial score (nSPS) is 10.9. The number of rotatable bonds is 3. The highest BCUT2D eigenvalue weighted by Gasteiger charge is 2.18. The molecule has 0 radical (unpaired) electrons. The van der Waals surface area contributed by atoms with Gasteiger partial charge in [-0.3, -0.25) is 0 Å². The molecule has 0 saturated heterocycles. The maximum Gasteiger partial charge on any atom is 0.164 e. The summed E-state index contributed by atoms with van der Waals surface area (Å²) in [4.78, 5) is 0. The fraction of sp³-hybridized carbons (Fsp3) is 0.333. The van der Waals surface area contributed by atoms with Crippen LogP contribution < -0.4 is 9.47 Å². The lowest BCUT2D eigenvalue weighted by Gasteiger charge is -2.18.